The van der Waals surface area contributed by atoms with Crippen LogP contribution in [-0.4, -0.2) is 41.1 Å². The van der Waals surface area contributed by atoms with Crippen molar-refractivity contribution in [1.29, 1.82) is 0 Å². The molecule has 1 fully saturated rings. The summed E-state index contributed by atoms with van der Waals surface area (Å²) in [5.74, 6) is -0.327. The van der Waals surface area contributed by atoms with E-state index in [2.05, 4.69) is 5.32 Å². The van der Waals surface area contributed by atoms with Crippen molar-refractivity contribution in [2.24, 2.45) is 0 Å². The summed E-state index contributed by atoms with van der Waals surface area (Å²) < 4.78 is 12.8. The third kappa shape index (κ3) is 3.94. The molecule has 0 aliphatic carbocycles. The normalized spacial score (nSPS) is 15.9. The highest BCUT2D eigenvalue weighted by Gasteiger charge is 2.23. The van der Waals surface area contributed by atoms with Crippen LogP contribution >= 0.6 is 0 Å². The SMILES string of the molecule is O=C(O)NC1CCN(C(=O)Cc2ccc(F)cc2)CC1. The Morgan fingerprint density at radius 2 is 1.85 bits per heavy atom. The number of rotatable bonds is 3. The fourth-order valence-corrected chi connectivity index (χ4v) is 2.34. The van der Waals surface area contributed by atoms with Gasteiger partial charge in [0.15, 0.2) is 0 Å². The van der Waals surface area contributed by atoms with Crippen molar-refractivity contribution >= 4 is 12.0 Å². The molecule has 6 heteroatoms. The molecule has 1 aromatic rings. The molecule has 2 N–H and O–H groups in total. The van der Waals surface area contributed by atoms with Crippen LogP contribution in [0.4, 0.5) is 9.18 Å². The monoisotopic (exact) mass is 280 g/mol. The quantitative estimate of drug-likeness (QED) is 0.884. The molecule has 5 nitrogen and oxygen atoms in total. The Balaban J connectivity index is 1.82. The molecule has 0 aromatic heterocycles. The van der Waals surface area contributed by atoms with E-state index in [-0.39, 0.29) is 24.2 Å². The zero-order valence-electron chi connectivity index (χ0n) is 11.0. The molecule has 2 rings (SSSR count). The Morgan fingerprint density at radius 3 is 2.40 bits per heavy atom. The van der Waals surface area contributed by atoms with E-state index in [0.29, 0.717) is 25.9 Å². The number of hydrogen-bond acceptors (Lipinski definition) is 2. The third-order valence-electron chi connectivity index (χ3n) is 3.44. The van der Waals surface area contributed by atoms with Crippen molar-refractivity contribution in [3.05, 3.63) is 35.6 Å². The van der Waals surface area contributed by atoms with Gasteiger partial charge in [-0.3, -0.25) is 4.79 Å². The molecule has 108 valence electrons. The molecule has 1 heterocycles. The number of nitrogens with zero attached hydrogens (tertiary/aromatic N) is 1. The van der Waals surface area contributed by atoms with E-state index in [0.717, 1.165) is 5.56 Å². The maximum absolute atomic E-state index is 12.8. The minimum Gasteiger partial charge on any atom is -0.465 e. The number of halogens is 1. The van der Waals surface area contributed by atoms with Crippen LogP contribution in [0.25, 0.3) is 0 Å². The van der Waals surface area contributed by atoms with Gasteiger partial charge in [0.05, 0.1) is 6.42 Å². The fourth-order valence-electron chi connectivity index (χ4n) is 2.34. The van der Waals surface area contributed by atoms with Crippen molar-refractivity contribution in [2.45, 2.75) is 25.3 Å². The number of hydrogen-bond donors (Lipinski definition) is 2. The number of carboxylic acid groups (broad SMARTS) is 1. The van der Waals surface area contributed by atoms with Crippen LogP contribution in [0.2, 0.25) is 0 Å². The Labute approximate surface area is 116 Å². The first-order valence-corrected chi connectivity index (χ1v) is 6.56. The second kappa shape index (κ2) is 6.36. The number of piperidine rings is 1. The number of benzene rings is 1. The van der Waals surface area contributed by atoms with Crippen LogP contribution in [0.5, 0.6) is 0 Å². The number of carbonyl (C=O) groups excluding carboxylic acids is 1. The standard InChI is InChI=1S/C14H17FN2O3/c15-11-3-1-10(2-4-11)9-13(18)17-7-5-12(6-8-17)16-14(19)20/h1-4,12,16H,5-9H2,(H,19,20). The molecule has 1 aliphatic rings. The van der Waals surface area contributed by atoms with Crippen molar-refractivity contribution in [3.63, 3.8) is 0 Å². The second-order valence-electron chi connectivity index (χ2n) is 4.91. The van der Waals surface area contributed by atoms with Crippen molar-refractivity contribution < 1.29 is 19.1 Å². The zero-order chi connectivity index (χ0) is 14.5. The number of nitrogens with one attached hydrogen (secondary N) is 1. The summed E-state index contributed by atoms with van der Waals surface area (Å²) in [6, 6.07) is 5.80. The van der Waals surface area contributed by atoms with Gasteiger partial charge in [-0.05, 0) is 30.5 Å². The lowest BCUT2D eigenvalue weighted by molar-refractivity contribution is -0.131. The van der Waals surface area contributed by atoms with Gasteiger partial charge in [-0.25, -0.2) is 9.18 Å². The smallest absolute Gasteiger partial charge is 0.404 e. The molecular weight excluding hydrogens is 263 g/mol. The number of carbonyl (C=O) groups is 2. The van der Waals surface area contributed by atoms with E-state index >= 15 is 0 Å². The maximum atomic E-state index is 12.8. The predicted molar refractivity (Wildman–Crippen MR) is 70.9 cm³/mol. The summed E-state index contributed by atoms with van der Waals surface area (Å²) in [6.07, 6.45) is 0.473. The van der Waals surface area contributed by atoms with Gasteiger partial charge in [0.25, 0.3) is 0 Å². The van der Waals surface area contributed by atoms with Crippen LogP contribution in [0, 0.1) is 5.82 Å². The van der Waals surface area contributed by atoms with E-state index in [1.807, 2.05) is 0 Å². The summed E-state index contributed by atoms with van der Waals surface area (Å²) >= 11 is 0. The van der Waals surface area contributed by atoms with E-state index < -0.39 is 6.09 Å². The Morgan fingerprint density at radius 1 is 1.25 bits per heavy atom. The van der Waals surface area contributed by atoms with Crippen molar-refractivity contribution in [1.82, 2.24) is 10.2 Å². The van der Waals surface area contributed by atoms with Gasteiger partial charge >= 0.3 is 6.09 Å². The summed E-state index contributed by atoms with van der Waals surface area (Å²) in [6.45, 7) is 1.09. The molecule has 0 spiro atoms. The van der Waals surface area contributed by atoms with Gasteiger partial charge in [0.1, 0.15) is 5.82 Å². The lowest BCUT2D eigenvalue weighted by atomic mass is 10.0. The average molecular weight is 280 g/mol. The van der Waals surface area contributed by atoms with Gasteiger partial charge in [-0.15, -0.1) is 0 Å². The molecule has 0 bridgehead atoms. The van der Waals surface area contributed by atoms with Crippen LogP contribution in [0.3, 0.4) is 0 Å². The number of amides is 2. The highest BCUT2D eigenvalue weighted by Crippen LogP contribution is 2.13. The van der Waals surface area contributed by atoms with E-state index in [4.69, 9.17) is 5.11 Å². The minimum absolute atomic E-state index is 0.00890. The molecule has 1 saturated heterocycles. The first kappa shape index (κ1) is 14.3. The summed E-state index contributed by atoms with van der Waals surface area (Å²) in [4.78, 5) is 24.3. The molecule has 0 unspecified atom stereocenters. The molecule has 0 atom stereocenters. The molecule has 20 heavy (non-hydrogen) atoms. The molecule has 1 aliphatic heterocycles. The topological polar surface area (TPSA) is 69.6 Å². The first-order valence-electron chi connectivity index (χ1n) is 6.56. The zero-order valence-corrected chi connectivity index (χ0v) is 11.0. The van der Waals surface area contributed by atoms with Crippen LogP contribution in [0.1, 0.15) is 18.4 Å². The van der Waals surface area contributed by atoms with Crippen molar-refractivity contribution in [2.75, 3.05) is 13.1 Å². The highest BCUT2D eigenvalue weighted by atomic mass is 19.1. The van der Waals surface area contributed by atoms with Crippen molar-refractivity contribution in [3.8, 4) is 0 Å². The predicted octanol–water partition coefficient (Wildman–Crippen LogP) is 1.63. The highest BCUT2D eigenvalue weighted by molar-refractivity contribution is 5.78. The molecule has 0 saturated carbocycles. The molecule has 0 radical (unpaired) electrons. The summed E-state index contributed by atoms with van der Waals surface area (Å²) in [5, 5.41) is 11.1. The fraction of sp³-hybridized carbons (Fsp3) is 0.429. The van der Waals surface area contributed by atoms with E-state index in [1.54, 1.807) is 17.0 Å². The Kier molecular flexibility index (Phi) is 4.55. The molecule has 2 amide bonds. The Hall–Kier alpha value is -2.11. The molecule has 1 aromatic carbocycles. The second-order valence-corrected chi connectivity index (χ2v) is 4.91. The van der Waals surface area contributed by atoms with Crippen LogP contribution in [0.15, 0.2) is 24.3 Å². The minimum atomic E-state index is -1.03. The summed E-state index contributed by atoms with van der Waals surface area (Å²) in [7, 11) is 0. The van der Waals surface area contributed by atoms with Crippen LogP contribution in [-0.2, 0) is 11.2 Å². The Bertz CT molecular complexity index is 482. The lowest BCUT2D eigenvalue weighted by Crippen LogP contribution is -2.46. The maximum Gasteiger partial charge on any atom is 0.404 e. The first-order chi connectivity index (χ1) is 9.54. The largest absolute Gasteiger partial charge is 0.465 e. The van der Waals surface area contributed by atoms with Gasteiger partial charge in [0.2, 0.25) is 5.91 Å². The summed E-state index contributed by atoms with van der Waals surface area (Å²) in [5.41, 5.74) is 0.780. The van der Waals surface area contributed by atoms with Crippen LogP contribution < -0.4 is 5.32 Å². The molecular formula is C14H17FN2O3. The van der Waals surface area contributed by atoms with Gasteiger partial charge < -0.3 is 15.3 Å². The van der Waals surface area contributed by atoms with Gasteiger partial charge in [0, 0.05) is 19.1 Å². The third-order valence-corrected chi connectivity index (χ3v) is 3.44. The van der Waals surface area contributed by atoms with Gasteiger partial charge in [-0.2, -0.15) is 0 Å². The number of likely N-dealkylation sites (tertiary alicyclic amines) is 1. The van der Waals surface area contributed by atoms with E-state index in [9.17, 15) is 14.0 Å². The van der Waals surface area contributed by atoms with E-state index in [1.165, 1.54) is 12.1 Å². The van der Waals surface area contributed by atoms with Gasteiger partial charge in [-0.1, -0.05) is 12.1 Å². The average Bonchev–Trinajstić information content (AvgIpc) is 2.41. The lowest BCUT2D eigenvalue weighted by Gasteiger charge is -2.31.